The lowest BCUT2D eigenvalue weighted by Crippen LogP contribution is -2.02. The van der Waals surface area contributed by atoms with Crippen LogP contribution in [-0.4, -0.2) is 7.11 Å². The van der Waals surface area contributed by atoms with Gasteiger partial charge in [0.05, 0.1) is 7.11 Å². The summed E-state index contributed by atoms with van der Waals surface area (Å²) in [5.41, 5.74) is 7.15. The second kappa shape index (κ2) is 8.14. The Balaban J connectivity index is 1.74. The number of allylic oxidation sites excluding steroid dienone is 2. The summed E-state index contributed by atoms with van der Waals surface area (Å²) < 4.78 is 6.47. The molecule has 0 radical (unpaired) electrons. The van der Waals surface area contributed by atoms with Crippen molar-refractivity contribution in [3.63, 3.8) is 0 Å². The molecule has 0 saturated heterocycles. The Labute approximate surface area is 169 Å². The summed E-state index contributed by atoms with van der Waals surface area (Å²) in [6.07, 6.45) is 3.28. The summed E-state index contributed by atoms with van der Waals surface area (Å²) in [6.45, 7) is 0. The van der Waals surface area contributed by atoms with Gasteiger partial charge in [-0.2, -0.15) is 0 Å². The minimum absolute atomic E-state index is 0.472. The number of rotatable bonds is 5. The second-order valence-electron chi connectivity index (χ2n) is 7.04. The van der Waals surface area contributed by atoms with Crippen LogP contribution < -0.4 is 4.74 Å². The molecule has 0 heterocycles. The molecular formula is C25H23BrO. The summed E-state index contributed by atoms with van der Waals surface area (Å²) in [5, 5.41) is 0. The molecule has 1 unspecified atom stereocenters. The molecule has 0 bridgehead atoms. The van der Waals surface area contributed by atoms with Crippen molar-refractivity contribution >= 4 is 21.5 Å². The molecule has 1 atom stereocenters. The van der Waals surface area contributed by atoms with Crippen LogP contribution in [0.2, 0.25) is 0 Å². The van der Waals surface area contributed by atoms with Crippen LogP contribution in [-0.2, 0) is 6.42 Å². The van der Waals surface area contributed by atoms with E-state index in [1.54, 1.807) is 12.7 Å². The molecular weight excluding hydrogens is 396 g/mol. The van der Waals surface area contributed by atoms with Crippen LogP contribution in [0.4, 0.5) is 0 Å². The van der Waals surface area contributed by atoms with E-state index in [2.05, 4.69) is 94.8 Å². The van der Waals surface area contributed by atoms with Crippen LogP contribution in [0.3, 0.4) is 0 Å². The zero-order valence-electron chi connectivity index (χ0n) is 15.5. The van der Waals surface area contributed by atoms with E-state index in [1.165, 1.54) is 28.7 Å². The highest BCUT2D eigenvalue weighted by Gasteiger charge is 2.27. The second-order valence-corrected chi connectivity index (χ2v) is 7.96. The quantitative estimate of drug-likeness (QED) is 0.431. The lowest BCUT2D eigenvalue weighted by atomic mass is 9.87. The van der Waals surface area contributed by atoms with Gasteiger partial charge in [-0.05, 0) is 65.8 Å². The molecule has 3 aromatic carbocycles. The molecule has 0 saturated carbocycles. The SMILES string of the molecule is COc1ccc(CC2=C(c3ccccc3)CCC2c2cccc(Br)c2)cc1. The monoisotopic (exact) mass is 418 g/mol. The molecule has 0 fully saturated rings. The van der Waals surface area contributed by atoms with E-state index < -0.39 is 0 Å². The van der Waals surface area contributed by atoms with E-state index in [0.717, 1.165) is 23.1 Å². The summed E-state index contributed by atoms with van der Waals surface area (Å²) in [7, 11) is 1.71. The highest BCUT2D eigenvalue weighted by Crippen LogP contribution is 2.45. The van der Waals surface area contributed by atoms with Gasteiger partial charge < -0.3 is 4.74 Å². The molecule has 0 amide bonds. The number of halogens is 1. The largest absolute Gasteiger partial charge is 0.497 e. The van der Waals surface area contributed by atoms with Crippen molar-refractivity contribution in [2.75, 3.05) is 7.11 Å². The van der Waals surface area contributed by atoms with Gasteiger partial charge in [0.25, 0.3) is 0 Å². The Hall–Kier alpha value is -2.32. The Bertz CT molecular complexity index is 942. The standard InChI is InChI=1S/C25H23BrO/c1-27-22-12-10-18(11-13-22)16-25-23(19-6-3-2-4-7-19)14-15-24(25)20-8-5-9-21(26)17-20/h2-13,17,24H,14-16H2,1H3. The van der Waals surface area contributed by atoms with Crippen molar-refractivity contribution in [3.8, 4) is 5.75 Å². The zero-order valence-corrected chi connectivity index (χ0v) is 17.1. The molecule has 0 N–H and O–H groups in total. The van der Waals surface area contributed by atoms with E-state index in [-0.39, 0.29) is 0 Å². The first kappa shape index (κ1) is 18.1. The van der Waals surface area contributed by atoms with Crippen molar-refractivity contribution in [2.45, 2.75) is 25.2 Å². The van der Waals surface area contributed by atoms with Gasteiger partial charge in [0, 0.05) is 10.4 Å². The predicted molar refractivity (Wildman–Crippen MR) is 116 cm³/mol. The number of hydrogen-bond donors (Lipinski definition) is 0. The maximum atomic E-state index is 5.32. The third kappa shape index (κ3) is 4.01. The molecule has 0 aliphatic heterocycles. The maximum Gasteiger partial charge on any atom is 0.118 e. The Morgan fingerprint density at radius 2 is 1.70 bits per heavy atom. The van der Waals surface area contributed by atoms with Crippen LogP contribution in [0.25, 0.3) is 5.57 Å². The van der Waals surface area contributed by atoms with Crippen molar-refractivity contribution in [1.82, 2.24) is 0 Å². The zero-order chi connectivity index (χ0) is 18.6. The van der Waals surface area contributed by atoms with Gasteiger partial charge in [-0.1, -0.05) is 76.1 Å². The van der Waals surface area contributed by atoms with Crippen LogP contribution in [0.1, 0.15) is 35.4 Å². The molecule has 1 aliphatic rings. The van der Waals surface area contributed by atoms with E-state index in [9.17, 15) is 0 Å². The van der Waals surface area contributed by atoms with Gasteiger partial charge in [0.2, 0.25) is 0 Å². The molecule has 4 rings (SSSR count). The molecule has 1 nitrogen and oxygen atoms in total. The van der Waals surface area contributed by atoms with Gasteiger partial charge in [0.1, 0.15) is 5.75 Å². The average molecular weight is 419 g/mol. The first-order valence-corrected chi connectivity index (χ1v) is 10.2. The van der Waals surface area contributed by atoms with E-state index >= 15 is 0 Å². The fourth-order valence-corrected chi connectivity index (χ4v) is 4.50. The topological polar surface area (TPSA) is 9.23 Å². The Morgan fingerprint density at radius 3 is 2.41 bits per heavy atom. The molecule has 1 aliphatic carbocycles. The first-order chi connectivity index (χ1) is 13.2. The predicted octanol–water partition coefficient (Wildman–Crippen LogP) is 7.03. The summed E-state index contributed by atoms with van der Waals surface area (Å²) in [5.74, 6) is 1.38. The van der Waals surface area contributed by atoms with Crippen LogP contribution in [0, 0.1) is 0 Å². The summed E-state index contributed by atoms with van der Waals surface area (Å²) in [6, 6.07) is 28.1. The third-order valence-electron chi connectivity index (χ3n) is 5.42. The van der Waals surface area contributed by atoms with Crippen LogP contribution in [0.5, 0.6) is 5.75 Å². The lowest BCUT2D eigenvalue weighted by Gasteiger charge is -2.18. The van der Waals surface area contributed by atoms with Crippen molar-refractivity contribution < 1.29 is 4.74 Å². The lowest BCUT2D eigenvalue weighted by molar-refractivity contribution is 0.414. The van der Waals surface area contributed by atoms with Gasteiger partial charge in [0.15, 0.2) is 0 Å². The molecule has 2 heteroatoms. The van der Waals surface area contributed by atoms with Gasteiger partial charge >= 0.3 is 0 Å². The number of hydrogen-bond acceptors (Lipinski definition) is 1. The van der Waals surface area contributed by atoms with Gasteiger partial charge in [-0.3, -0.25) is 0 Å². The molecule has 136 valence electrons. The van der Waals surface area contributed by atoms with Crippen molar-refractivity contribution in [3.05, 3.63) is 106 Å². The van der Waals surface area contributed by atoms with Crippen LogP contribution in [0.15, 0.2) is 88.9 Å². The Morgan fingerprint density at radius 1 is 0.926 bits per heavy atom. The van der Waals surface area contributed by atoms with E-state index in [0.29, 0.717) is 5.92 Å². The molecule has 27 heavy (non-hydrogen) atoms. The minimum Gasteiger partial charge on any atom is -0.497 e. The normalized spacial score (nSPS) is 16.6. The van der Waals surface area contributed by atoms with Gasteiger partial charge in [-0.15, -0.1) is 0 Å². The smallest absolute Gasteiger partial charge is 0.118 e. The molecule has 3 aromatic rings. The van der Waals surface area contributed by atoms with Gasteiger partial charge in [-0.25, -0.2) is 0 Å². The molecule has 0 spiro atoms. The summed E-state index contributed by atoms with van der Waals surface area (Å²) >= 11 is 3.64. The Kier molecular flexibility index (Phi) is 5.45. The van der Waals surface area contributed by atoms with Crippen LogP contribution >= 0.6 is 15.9 Å². The minimum atomic E-state index is 0.472. The van der Waals surface area contributed by atoms with E-state index in [4.69, 9.17) is 4.74 Å². The maximum absolute atomic E-state index is 5.32. The summed E-state index contributed by atoms with van der Waals surface area (Å²) in [4.78, 5) is 0. The third-order valence-corrected chi connectivity index (χ3v) is 5.91. The number of ether oxygens (including phenoxy) is 1. The number of methoxy groups -OCH3 is 1. The fourth-order valence-electron chi connectivity index (χ4n) is 4.09. The van der Waals surface area contributed by atoms with Crippen molar-refractivity contribution in [2.24, 2.45) is 0 Å². The highest BCUT2D eigenvalue weighted by molar-refractivity contribution is 9.10. The highest BCUT2D eigenvalue weighted by atomic mass is 79.9. The fraction of sp³-hybridized carbons (Fsp3) is 0.200. The van der Waals surface area contributed by atoms with E-state index in [1.807, 2.05) is 0 Å². The number of benzene rings is 3. The first-order valence-electron chi connectivity index (χ1n) is 9.40. The average Bonchev–Trinajstić information content (AvgIpc) is 3.13. The molecule has 0 aromatic heterocycles. The van der Waals surface area contributed by atoms with Crippen molar-refractivity contribution in [1.29, 1.82) is 0 Å².